The summed E-state index contributed by atoms with van der Waals surface area (Å²) in [5.41, 5.74) is 5.99. The molecule has 0 aromatic carbocycles. The fourth-order valence-corrected chi connectivity index (χ4v) is 3.83. The van der Waals surface area contributed by atoms with Crippen LogP contribution in [0.3, 0.4) is 0 Å². The van der Waals surface area contributed by atoms with Crippen LogP contribution in [0.1, 0.15) is 46.5 Å². The molecule has 0 radical (unpaired) electrons. The van der Waals surface area contributed by atoms with E-state index in [-0.39, 0.29) is 0 Å². The molecule has 2 fully saturated rings. The molecule has 1 heterocycles. The molecule has 0 aromatic heterocycles. The van der Waals surface area contributed by atoms with Crippen molar-refractivity contribution in [2.75, 3.05) is 19.6 Å². The number of nitrogens with zero attached hydrogens (tertiary/aromatic N) is 1. The van der Waals surface area contributed by atoms with E-state index in [1.807, 2.05) is 0 Å². The van der Waals surface area contributed by atoms with E-state index >= 15 is 0 Å². The SMILES string of the molecule is CCC1CCC(CN)C(N2CC(C)C(C)C2)C1. The molecular weight excluding hydrogens is 208 g/mol. The summed E-state index contributed by atoms with van der Waals surface area (Å²) in [4.78, 5) is 2.76. The third-order valence-corrected chi connectivity index (χ3v) is 5.43. The first-order valence-electron chi connectivity index (χ1n) is 7.59. The minimum absolute atomic E-state index is 0.760. The lowest BCUT2D eigenvalue weighted by atomic mass is 9.76. The van der Waals surface area contributed by atoms with Gasteiger partial charge < -0.3 is 5.73 Å². The molecule has 1 aliphatic carbocycles. The van der Waals surface area contributed by atoms with Crippen LogP contribution in [0.4, 0.5) is 0 Å². The minimum atomic E-state index is 0.760. The Morgan fingerprint density at radius 2 is 1.76 bits per heavy atom. The van der Waals surface area contributed by atoms with E-state index < -0.39 is 0 Å². The molecule has 2 aliphatic rings. The van der Waals surface area contributed by atoms with E-state index in [1.54, 1.807) is 0 Å². The Hall–Kier alpha value is -0.0800. The number of nitrogens with two attached hydrogens (primary N) is 1. The van der Waals surface area contributed by atoms with Gasteiger partial charge in [-0.1, -0.05) is 33.6 Å². The monoisotopic (exact) mass is 238 g/mol. The van der Waals surface area contributed by atoms with Gasteiger partial charge in [0.15, 0.2) is 0 Å². The van der Waals surface area contributed by atoms with Crippen molar-refractivity contribution in [2.45, 2.75) is 52.5 Å². The number of rotatable bonds is 3. The van der Waals surface area contributed by atoms with E-state index in [0.29, 0.717) is 0 Å². The molecule has 100 valence electrons. The van der Waals surface area contributed by atoms with E-state index in [1.165, 1.54) is 38.8 Å². The molecule has 1 aliphatic heterocycles. The summed E-state index contributed by atoms with van der Waals surface area (Å²) >= 11 is 0. The largest absolute Gasteiger partial charge is 0.330 e. The highest BCUT2D eigenvalue weighted by atomic mass is 15.2. The third kappa shape index (κ3) is 2.85. The highest BCUT2D eigenvalue weighted by Crippen LogP contribution is 2.36. The van der Waals surface area contributed by atoms with Crippen LogP contribution in [0.25, 0.3) is 0 Å². The van der Waals surface area contributed by atoms with Crippen molar-refractivity contribution in [3.8, 4) is 0 Å². The van der Waals surface area contributed by atoms with Crippen molar-refractivity contribution in [2.24, 2.45) is 29.4 Å². The lowest BCUT2D eigenvalue weighted by molar-refractivity contribution is 0.0962. The molecule has 0 bridgehead atoms. The molecule has 1 saturated carbocycles. The molecular formula is C15H30N2. The maximum absolute atomic E-state index is 5.99. The molecule has 0 spiro atoms. The van der Waals surface area contributed by atoms with Gasteiger partial charge in [0, 0.05) is 19.1 Å². The van der Waals surface area contributed by atoms with Gasteiger partial charge in [0.25, 0.3) is 0 Å². The first-order chi connectivity index (χ1) is 8.15. The van der Waals surface area contributed by atoms with Crippen molar-refractivity contribution in [3.63, 3.8) is 0 Å². The predicted molar refractivity (Wildman–Crippen MR) is 73.9 cm³/mol. The number of hydrogen-bond acceptors (Lipinski definition) is 2. The van der Waals surface area contributed by atoms with Crippen molar-refractivity contribution in [1.29, 1.82) is 0 Å². The fraction of sp³-hybridized carbons (Fsp3) is 1.00. The maximum Gasteiger partial charge on any atom is 0.0138 e. The Bertz CT molecular complexity index is 231. The molecule has 2 rings (SSSR count). The second-order valence-electron chi connectivity index (χ2n) is 6.56. The molecule has 2 heteroatoms. The van der Waals surface area contributed by atoms with Gasteiger partial charge in [-0.3, -0.25) is 4.90 Å². The van der Waals surface area contributed by atoms with Crippen molar-refractivity contribution >= 4 is 0 Å². The number of likely N-dealkylation sites (tertiary alicyclic amines) is 1. The molecule has 2 nitrogen and oxygen atoms in total. The summed E-state index contributed by atoms with van der Waals surface area (Å²) in [6, 6.07) is 0.783. The summed E-state index contributed by atoms with van der Waals surface area (Å²) in [5.74, 6) is 3.45. The lowest BCUT2D eigenvalue weighted by Gasteiger charge is -2.41. The van der Waals surface area contributed by atoms with Crippen molar-refractivity contribution in [3.05, 3.63) is 0 Å². The van der Waals surface area contributed by atoms with Gasteiger partial charge in [-0.25, -0.2) is 0 Å². The minimum Gasteiger partial charge on any atom is -0.330 e. The van der Waals surface area contributed by atoms with Crippen LogP contribution in [0.15, 0.2) is 0 Å². The van der Waals surface area contributed by atoms with Gasteiger partial charge >= 0.3 is 0 Å². The topological polar surface area (TPSA) is 29.3 Å². The molecule has 0 aromatic rings. The Morgan fingerprint density at radius 3 is 2.29 bits per heavy atom. The molecule has 1 saturated heterocycles. The summed E-state index contributed by atoms with van der Waals surface area (Å²) in [5, 5.41) is 0. The quantitative estimate of drug-likeness (QED) is 0.819. The zero-order valence-electron chi connectivity index (χ0n) is 11.9. The van der Waals surface area contributed by atoms with Crippen LogP contribution in [0.2, 0.25) is 0 Å². The van der Waals surface area contributed by atoms with Crippen molar-refractivity contribution in [1.82, 2.24) is 4.90 Å². The fourth-order valence-electron chi connectivity index (χ4n) is 3.83. The summed E-state index contributed by atoms with van der Waals surface area (Å²) in [7, 11) is 0. The zero-order chi connectivity index (χ0) is 12.4. The molecule has 0 amide bonds. The Morgan fingerprint density at radius 1 is 1.12 bits per heavy atom. The molecule has 5 atom stereocenters. The molecule has 2 N–H and O–H groups in total. The van der Waals surface area contributed by atoms with Crippen LogP contribution >= 0.6 is 0 Å². The van der Waals surface area contributed by atoms with Gasteiger partial charge in [-0.05, 0) is 43.1 Å². The average molecular weight is 238 g/mol. The molecule has 17 heavy (non-hydrogen) atoms. The van der Waals surface area contributed by atoms with E-state index in [0.717, 1.165) is 36.3 Å². The van der Waals surface area contributed by atoms with Gasteiger partial charge in [0.1, 0.15) is 0 Å². The van der Waals surface area contributed by atoms with E-state index in [9.17, 15) is 0 Å². The average Bonchev–Trinajstić information content (AvgIpc) is 2.68. The Kier molecular flexibility index (Phi) is 4.48. The zero-order valence-corrected chi connectivity index (χ0v) is 11.9. The lowest BCUT2D eigenvalue weighted by Crippen LogP contribution is -2.46. The second-order valence-corrected chi connectivity index (χ2v) is 6.56. The Labute approximate surface area is 107 Å². The van der Waals surface area contributed by atoms with Crippen molar-refractivity contribution < 1.29 is 0 Å². The van der Waals surface area contributed by atoms with E-state index in [4.69, 9.17) is 5.73 Å². The van der Waals surface area contributed by atoms with E-state index in [2.05, 4.69) is 25.7 Å². The Balaban J connectivity index is 2.00. The normalized spacial score (nSPS) is 44.1. The van der Waals surface area contributed by atoms with Crippen LogP contribution < -0.4 is 5.73 Å². The van der Waals surface area contributed by atoms with Crippen LogP contribution in [0, 0.1) is 23.7 Å². The van der Waals surface area contributed by atoms with Crippen LogP contribution in [0.5, 0.6) is 0 Å². The second kappa shape index (κ2) is 5.71. The summed E-state index contributed by atoms with van der Waals surface area (Å²) in [6.45, 7) is 10.7. The summed E-state index contributed by atoms with van der Waals surface area (Å²) in [6.07, 6.45) is 5.53. The predicted octanol–water partition coefficient (Wildman–Crippen LogP) is 2.73. The highest BCUT2D eigenvalue weighted by molar-refractivity contribution is 4.91. The van der Waals surface area contributed by atoms with Crippen LogP contribution in [-0.4, -0.2) is 30.6 Å². The smallest absolute Gasteiger partial charge is 0.0138 e. The van der Waals surface area contributed by atoms with Gasteiger partial charge in [0.05, 0.1) is 0 Å². The molecule has 5 unspecified atom stereocenters. The first kappa shape index (κ1) is 13.4. The highest BCUT2D eigenvalue weighted by Gasteiger charge is 2.37. The standard InChI is InChI=1S/C15H30N2/c1-4-13-5-6-14(8-16)15(7-13)17-9-11(2)12(3)10-17/h11-15H,4-10,16H2,1-3H3. The van der Waals surface area contributed by atoms with Gasteiger partial charge in [-0.15, -0.1) is 0 Å². The van der Waals surface area contributed by atoms with Gasteiger partial charge in [-0.2, -0.15) is 0 Å². The third-order valence-electron chi connectivity index (χ3n) is 5.43. The van der Waals surface area contributed by atoms with Crippen LogP contribution in [-0.2, 0) is 0 Å². The maximum atomic E-state index is 5.99. The van der Waals surface area contributed by atoms with Gasteiger partial charge in [0.2, 0.25) is 0 Å². The first-order valence-corrected chi connectivity index (χ1v) is 7.59. The number of hydrogen-bond donors (Lipinski definition) is 1. The summed E-state index contributed by atoms with van der Waals surface area (Å²) < 4.78 is 0.